The van der Waals surface area contributed by atoms with Crippen LogP contribution in [0.2, 0.25) is 0 Å². The molecule has 11 nitrogen and oxygen atoms in total. The highest BCUT2D eigenvalue weighted by atomic mass is 19.4. The van der Waals surface area contributed by atoms with E-state index in [1.54, 1.807) is 18.6 Å². The molecule has 0 amide bonds. The van der Waals surface area contributed by atoms with E-state index in [-0.39, 0.29) is 19.0 Å². The highest BCUT2D eigenvalue weighted by Crippen LogP contribution is 2.27. The van der Waals surface area contributed by atoms with Crippen molar-refractivity contribution in [2.75, 3.05) is 57.3 Å². The Morgan fingerprint density at radius 2 is 1.94 bits per heavy atom. The number of halogens is 3. The van der Waals surface area contributed by atoms with Crippen LogP contribution in [0.15, 0.2) is 31.0 Å². The second-order valence-corrected chi connectivity index (χ2v) is 7.75. The first kappa shape index (κ1) is 26.9. The summed E-state index contributed by atoms with van der Waals surface area (Å²) in [6.07, 6.45) is -0.209. The number of alkyl halides is 3. The number of anilines is 2. The van der Waals surface area contributed by atoms with Gasteiger partial charge in [-0.25, -0.2) is 9.55 Å². The lowest BCUT2D eigenvalue weighted by Gasteiger charge is -2.37. The van der Waals surface area contributed by atoms with E-state index in [0.29, 0.717) is 32.2 Å². The number of nitrogens with one attached hydrogen (secondary N) is 2. The largest absolute Gasteiger partial charge is 0.455 e. The van der Waals surface area contributed by atoms with Crippen LogP contribution in [0.3, 0.4) is 0 Å². The van der Waals surface area contributed by atoms with E-state index in [0.717, 1.165) is 10.8 Å². The smallest absolute Gasteiger partial charge is 0.387 e. The lowest BCUT2D eigenvalue weighted by atomic mass is 9.98. The molecule has 2 aromatic heterocycles. The van der Waals surface area contributed by atoms with Gasteiger partial charge in [0.25, 0.3) is 5.82 Å². The molecule has 0 aliphatic carbocycles. The van der Waals surface area contributed by atoms with Gasteiger partial charge in [0.05, 0.1) is 52.5 Å². The number of aromatic nitrogens is 4. The Morgan fingerprint density at radius 1 is 1.14 bits per heavy atom. The fraction of sp³-hybridized carbons (Fsp3) is 0.619. The molecule has 35 heavy (non-hydrogen) atoms. The van der Waals surface area contributed by atoms with Crippen molar-refractivity contribution in [3.05, 3.63) is 36.7 Å². The predicted molar refractivity (Wildman–Crippen MR) is 117 cm³/mol. The van der Waals surface area contributed by atoms with Gasteiger partial charge in [-0.2, -0.15) is 13.2 Å². The van der Waals surface area contributed by atoms with Crippen molar-refractivity contribution in [3.8, 4) is 0 Å². The molecule has 3 heterocycles. The fourth-order valence-corrected chi connectivity index (χ4v) is 3.57. The van der Waals surface area contributed by atoms with Crippen LogP contribution < -0.4 is 15.2 Å². The van der Waals surface area contributed by atoms with Crippen LogP contribution in [0.4, 0.5) is 24.8 Å². The standard InChI is InChI=1S/C21H29F3N6O5/c1-30-16(21(22,23)24)9-26-11-18(30)29-14-12-35-15(19(31)20(14)32-2)13-34-8-7-33-6-5-28-17-10-25-3-4-27-17/h3-4,9-11,14-15,19-20,31H,5-8,12-13H2,1-2H3,(H,27,28)/p+1/t14-,15+,19-,20+/m0/s1. The van der Waals surface area contributed by atoms with E-state index < -0.39 is 36.2 Å². The van der Waals surface area contributed by atoms with Crippen molar-refractivity contribution in [1.82, 2.24) is 15.0 Å². The van der Waals surface area contributed by atoms with Crippen LogP contribution in [0.25, 0.3) is 0 Å². The van der Waals surface area contributed by atoms with Crippen LogP contribution in [-0.2, 0) is 32.2 Å². The number of rotatable bonds is 12. The summed E-state index contributed by atoms with van der Waals surface area (Å²) in [5.41, 5.74) is -0.910. The number of hydrogen-bond donors (Lipinski definition) is 3. The Balaban J connectivity index is 1.40. The lowest BCUT2D eigenvalue weighted by molar-refractivity contribution is -0.678. The number of nitrogens with zero attached hydrogens (tertiary/aromatic N) is 4. The average Bonchev–Trinajstić information content (AvgIpc) is 2.83. The van der Waals surface area contributed by atoms with Crippen molar-refractivity contribution in [3.63, 3.8) is 0 Å². The molecule has 1 saturated heterocycles. The van der Waals surface area contributed by atoms with E-state index in [9.17, 15) is 18.3 Å². The molecule has 2 aromatic rings. The Bertz CT molecular complexity index is 911. The molecule has 3 rings (SSSR count). The molecular weight excluding hydrogens is 473 g/mol. The van der Waals surface area contributed by atoms with E-state index in [1.807, 2.05) is 0 Å². The number of aliphatic hydroxyl groups is 1. The summed E-state index contributed by atoms with van der Waals surface area (Å²) in [6.45, 7) is 1.85. The third-order valence-electron chi connectivity index (χ3n) is 5.39. The van der Waals surface area contributed by atoms with Gasteiger partial charge < -0.3 is 29.4 Å². The van der Waals surface area contributed by atoms with Gasteiger partial charge in [-0.3, -0.25) is 15.3 Å². The van der Waals surface area contributed by atoms with Crippen molar-refractivity contribution >= 4 is 11.6 Å². The summed E-state index contributed by atoms with van der Waals surface area (Å²) in [5.74, 6) is 0.776. The Morgan fingerprint density at radius 3 is 2.66 bits per heavy atom. The summed E-state index contributed by atoms with van der Waals surface area (Å²) >= 11 is 0. The maximum absolute atomic E-state index is 13.2. The molecule has 194 valence electrons. The predicted octanol–water partition coefficient (Wildman–Crippen LogP) is 0.415. The van der Waals surface area contributed by atoms with Crippen LogP contribution in [0.1, 0.15) is 5.69 Å². The van der Waals surface area contributed by atoms with Crippen LogP contribution in [0, 0.1) is 0 Å². The van der Waals surface area contributed by atoms with Crippen LogP contribution in [0.5, 0.6) is 0 Å². The third kappa shape index (κ3) is 7.67. The Kier molecular flexibility index (Phi) is 9.92. The van der Waals surface area contributed by atoms with Gasteiger partial charge in [0.2, 0.25) is 5.69 Å². The minimum absolute atomic E-state index is 0.0877. The van der Waals surface area contributed by atoms with E-state index in [4.69, 9.17) is 18.9 Å². The maximum Gasteiger partial charge on any atom is 0.455 e. The number of methoxy groups -OCH3 is 1. The summed E-state index contributed by atoms with van der Waals surface area (Å²) in [6, 6.07) is -0.604. The number of hydrogen-bond acceptors (Lipinski definition) is 10. The van der Waals surface area contributed by atoms with Crippen molar-refractivity contribution in [1.29, 1.82) is 0 Å². The maximum atomic E-state index is 13.2. The van der Waals surface area contributed by atoms with Gasteiger partial charge in [-0.1, -0.05) is 0 Å². The van der Waals surface area contributed by atoms with Crippen LogP contribution in [-0.4, -0.2) is 91.1 Å². The van der Waals surface area contributed by atoms with E-state index in [2.05, 4.69) is 25.6 Å². The minimum atomic E-state index is -4.55. The molecule has 0 radical (unpaired) electrons. The van der Waals surface area contributed by atoms with Gasteiger partial charge in [-0.05, 0) is 0 Å². The first-order valence-corrected chi connectivity index (χ1v) is 11.0. The third-order valence-corrected chi connectivity index (χ3v) is 5.39. The topological polar surface area (TPSA) is 124 Å². The number of ether oxygens (including phenoxy) is 4. The van der Waals surface area contributed by atoms with E-state index in [1.165, 1.54) is 20.4 Å². The molecule has 3 N–H and O–H groups in total. The summed E-state index contributed by atoms with van der Waals surface area (Å²) in [7, 11) is 2.69. The molecule has 0 unspecified atom stereocenters. The minimum Gasteiger partial charge on any atom is -0.387 e. The zero-order chi connectivity index (χ0) is 25.3. The van der Waals surface area contributed by atoms with Gasteiger partial charge >= 0.3 is 6.18 Å². The van der Waals surface area contributed by atoms with Crippen molar-refractivity contribution < 1.29 is 41.8 Å². The normalized spacial score (nSPS) is 22.7. The van der Waals surface area contributed by atoms with Crippen molar-refractivity contribution in [2.45, 2.75) is 30.5 Å². The first-order chi connectivity index (χ1) is 16.8. The van der Waals surface area contributed by atoms with Gasteiger partial charge in [-0.15, -0.1) is 0 Å². The molecule has 0 aromatic carbocycles. The van der Waals surface area contributed by atoms with Gasteiger partial charge in [0, 0.05) is 26.0 Å². The average molecular weight is 504 g/mol. The zero-order valence-electron chi connectivity index (χ0n) is 19.4. The van der Waals surface area contributed by atoms with Gasteiger partial charge in [0.15, 0.2) is 0 Å². The highest BCUT2D eigenvalue weighted by Gasteiger charge is 2.43. The van der Waals surface area contributed by atoms with Crippen molar-refractivity contribution in [2.24, 2.45) is 7.05 Å². The van der Waals surface area contributed by atoms with Gasteiger partial charge in [0.1, 0.15) is 36.4 Å². The first-order valence-electron chi connectivity index (χ1n) is 11.0. The lowest BCUT2D eigenvalue weighted by Crippen LogP contribution is -2.58. The SMILES string of the molecule is CO[C@H]1[C@@H](O)[C@@H](COCCOCCNc2cnccn2)OC[C@@H]1Nc1cncc(C(F)(F)F)[n+]1C. The summed E-state index contributed by atoms with van der Waals surface area (Å²) in [5, 5.41) is 16.7. The zero-order valence-corrected chi connectivity index (χ0v) is 19.4. The van der Waals surface area contributed by atoms with E-state index >= 15 is 0 Å². The second-order valence-electron chi connectivity index (χ2n) is 7.75. The highest BCUT2D eigenvalue weighted by molar-refractivity contribution is 5.29. The molecule has 14 heteroatoms. The molecule has 1 aliphatic rings. The fourth-order valence-electron chi connectivity index (χ4n) is 3.57. The molecule has 1 aliphatic heterocycles. The molecule has 4 atom stereocenters. The Labute approximate surface area is 200 Å². The molecular formula is C21H30F3N6O5+. The molecule has 0 bridgehead atoms. The Hall–Kier alpha value is -2.65. The van der Waals surface area contributed by atoms with Crippen LogP contribution >= 0.6 is 0 Å². The second kappa shape index (κ2) is 12.9. The summed E-state index contributed by atoms with van der Waals surface area (Å²) in [4.78, 5) is 11.7. The molecule has 1 fully saturated rings. The molecule has 0 spiro atoms. The quantitative estimate of drug-likeness (QED) is 0.277. The molecule has 0 saturated carbocycles. The number of aliphatic hydroxyl groups excluding tert-OH is 1. The monoisotopic (exact) mass is 503 g/mol. The summed E-state index contributed by atoms with van der Waals surface area (Å²) < 4.78 is 62.6.